The zero-order chi connectivity index (χ0) is 15.8. The third-order valence-electron chi connectivity index (χ3n) is 3.07. The van der Waals surface area contributed by atoms with Gasteiger partial charge in [-0.15, -0.1) is 0 Å². The van der Waals surface area contributed by atoms with Gasteiger partial charge in [0.25, 0.3) is 0 Å². The first kappa shape index (κ1) is 17.1. The third kappa shape index (κ3) is 5.51. The number of carbonyl (C=O) groups is 2. The molecule has 0 unspecified atom stereocenters. The fourth-order valence-electron chi connectivity index (χ4n) is 1.81. The van der Waals surface area contributed by atoms with E-state index in [9.17, 15) is 14.0 Å². The molecule has 1 aromatic carbocycles. The fraction of sp³-hybridized carbons (Fsp3) is 0.467. The Bertz CT molecular complexity index is 492. The lowest BCUT2D eigenvalue weighted by Gasteiger charge is -2.17. The van der Waals surface area contributed by atoms with Crippen LogP contribution in [-0.4, -0.2) is 29.2 Å². The largest absolute Gasteiger partial charge is 0.478 e. The highest BCUT2D eigenvalue weighted by atomic mass is 19.1. The van der Waals surface area contributed by atoms with E-state index in [1.54, 1.807) is 6.07 Å². The summed E-state index contributed by atoms with van der Waals surface area (Å²) >= 11 is 0. The molecule has 0 bridgehead atoms. The van der Waals surface area contributed by atoms with Crippen LogP contribution in [0.5, 0.6) is 0 Å². The van der Waals surface area contributed by atoms with Gasteiger partial charge in [0, 0.05) is 6.42 Å². The van der Waals surface area contributed by atoms with Crippen LogP contribution < -0.4 is 5.73 Å². The van der Waals surface area contributed by atoms with Crippen molar-refractivity contribution in [1.29, 1.82) is 0 Å². The Kier molecular flexibility index (Phi) is 6.81. The molecule has 0 aliphatic carbocycles. The Labute approximate surface area is 122 Å². The minimum atomic E-state index is -1.44. The van der Waals surface area contributed by atoms with E-state index in [1.807, 2.05) is 6.92 Å². The van der Waals surface area contributed by atoms with Gasteiger partial charge in [-0.3, -0.25) is 4.79 Å². The molecule has 0 radical (unpaired) electrons. The second-order valence-electron chi connectivity index (χ2n) is 4.81. The maximum atomic E-state index is 13.5. The van der Waals surface area contributed by atoms with Gasteiger partial charge in [-0.25, -0.2) is 9.18 Å². The Balaban J connectivity index is 2.68. The van der Waals surface area contributed by atoms with Gasteiger partial charge in [-0.1, -0.05) is 38.0 Å². The Morgan fingerprint density at radius 3 is 2.62 bits per heavy atom. The topological polar surface area (TPSA) is 89.6 Å². The molecule has 5 nitrogen and oxygen atoms in total. The summed E-state index contributed by atoms with van der Waals surface area (Å²) in [6.45, 7) is 1.95. The van der Waals surface area contributed by atoms with Crippen LogP contribution in [0.1, 0.15) is 31.7 Å². The molecule has 0 spiro atoms. The SMILES string of the molecule is CCCC[C@H](N)C(=O)O[C@@H](Cc1ccccc1F)C(=O)O. The molecule has 0 saturated heterocycles. The predicted molar refractivity (Wildman–Crippen MR) is 75.1 cm³/mol. The van der Waals surface area contributed by atoms with E-state index in [1.165, 1.54) is 18.2 Å². The van der Waals surface area contributed by atoms with Gasteiger partial charge in [-0.2, -0.15) is 0 Å². The van der Waals surface area contributed by atoms with Gasteiger partial charge in [0.15, 0.2) is 0 Å². The van der Waals surface area contributed by atoms with Crippen molar-refractivity contribution in [2.75, 3.05) is 0 Å². The standard InChI is InChI=1S/C15H20FNO4/c1-2-3-8-12(17)15(20)21-13(14(18)19)9-10-6-4-5-7-11(10)16/h4-7,12-13H,2-3,8-9,17H2,1H3,(H,18,19)/t12-,13-/m0/s1. The van der Waals surface area contributed by atoms with Crippen LogP contribution in [0.25, 0.3) is 0 Å². The summed E-state index contributed by atoms with van der Waals surface area (Å²) in [5.74, 6) is -2.63. The molecular weight excluding hydrogens is 277 g/mol. The van der Waals surface area contributed by atoms with E-state index in [0.717, 1.165) is 12.8 Å². The number of benzene rings is 1. The number of rotatable bonds is 8. The lowest BCUT2D eigenvalue weighted by molar-refractivity contribution is -0.164. The van der Waals surface area contributed by atoms with Gasteiger partial charge >= 0.3 is 11.9 Å². The number of hydrogen-bond acceptors (Lipinski definition) is 4. The number of aliphatic carboxylic acids is 1. The molecule has 3 N–H and O–H groups in total. The molecule has 1 aromatic rings. The first-order valence-corrected chi connectivity index (χ1v) is 6.88. The molecule has 0 heterocycles. The van der Waals surface area contributed by atoms with Crippen LogP contribution in [0.3, 0.4) is 0 Å². The summed E-state index contributed by atoms with van der Waals surface area (Å²) in [5, 5.41) is 9.09. The fourth-order valence-corrected chi connectivity index (χ4v) is 1.81. The number of carboxylic acids is 1. The zero-order valence-electron chi connectivity index (χ0n) is 11.9. The quantitative estimate of drug-likeness (QED) is 0.715. The van der Waals surface area contributed by atoms with Crippen molar-refractivity contribution < 1.29 is 23.8 Å². The number of hydrogen-bond donors (Lipinski definition) is 2. The number of unbranched alkanes of at least 4 members (excludes halogenated alkanes) is 1. The summed E-state index contributed by atoms with van der Waals surface area (Å²) in [4.78, 5) is 22.9. The van der Waals surface area contributed by atoms with Crippen molar-refractivity contribution in [3.8, 4) is 0 Å². The molecule has 21 heavy (non-hydrogen) atoms. The zero-order valence-corrected chi connectivity index (χ0v) is 11.9. The Hall–Kier alpha value is -1.95. The van der Waals surface area contributed by atoms with Gasteiger partial charge in [-0.05, 0) is 18.1 Å². The third-order valence-corrected chi connectivity index (χ3v) is 3.07. The summed E-state index contributed by atoms with van der Waals surface area (Å²) in [6.07, 6.45) is 0.386. The van der Waals surface area contributed by atoms with Crippen molar-refractivity contribution in [2.45, 2.75) is 44.8 Å². The Morgan fingerprint density at radius 2 is 2.05 bits per heavy atom. The van der Waals surface area contributed by atoms with Crippen LogP contribution in [0.15, 0.2) is 24.3 Å². The molecule has 0 amide bonds. The molecule has 0 aromatic heterocycles. The molecule has 6 heteroatoms. The predicted octanol–water partition coefficient (Wildman–Crippen LogP) is 1.88. The summed E-state index contributed by atoms with van der Waals surface area (Å²) in [5.41, 5.74) is 5.81. The first-order valence-electron chi connectivity index (χ1n) is 6.88. The Morgan fingerprint density at radius 1 is 1.38 bits per heavy atom. The number of carbonyl (C=O) groups excluding carboxylic acids is 1. The van der Waals surface area contributed by atoms with Crippen LogP contribution in [0, 0.1) is 5.82 Å². The van der Waals surface area contributed by atoms with Crippen molar-refractivity contribution in [3.05, 3.63) is 35.6 Å². The highest BCUT2D eigenvalue weighted by molar-refractivity contribution is 5.81. The normalized spacial score (nSPS) is 13.5. The van der Waals surface area contributed by atoms with Crippen molar-refractivity contribution >= 4 is 11.9 Å². The summed E-state index contributed by atoms with van der Waals surface area (Å²) < 4.78 is 18.4. The average Bonchev–Trinajstić information content (AvgIpc) is 2.45. The van der Waals surface area contributed by atoms with Crippen molar-refractivity contribution in [2.24, 2.45) is 5.73 Å². The molecule has 2 atom stereocenters. The van der Waals surface area contributed by atoms with E-state index < -0.39 is 29.9 Å². The van der Waals surface area contributed by atoms with Crippen LogP contribution >= 0.6 is 0 Å². The lowest BCUT2D eigenvalue weighted by Crippen LogP contribution is -2.38. The number of esters is 1. The monoisotopic (exact) mass is 297 g/mol. The molecular formula is C15H20FNO4. The second-order valence-corrected chi connectivity index (χ2v) is 4.81. The number of nitrogens with two attached hydrogens (primary N) is 1. The van der Waals surface area contributed by atoms with E-state index >= 15 is 0 Å². The van der Waals surface area contributed by atoms with Crippen LogP contribution in [0.2, 0.25) is 0 Å². The van der Waals surface area contributed by atoms with Crippen molar-refractivity contribution in [3.63, 3.8) is 0 Å². The molecule has 0 aliphatic heterocycles. The molecule has 1 rings (SSSR count). The highest BCUT2D eigenvalue weighted by Gasteiger charge is 2.26. The van der Waals surface area contributed by atoms with Gasteiger partial charge in [0.2, 0.25) is 6.10 Å². The van der Waals surface area contributed by atoms with E-state index in [-0.39, 0.29) is 12.0 Å². The smallest absolute Gasteiger partial charge is 0.345 e. The van der Waals surface area contributed by atoms with E-state index in [4.69, 9.17) is 15.6 Å². The lowest BCUT2D eigenvalue weighted by atomic mass is 10.1. The molecule has 0 saturated carbocycles. The van der Waals surface area contributed by atoms with E-state index in [2.05, 4.69) is 0 Å². The first-order chi connectivity index (χ1) is 9.95. The van der Waals surface area contributed by atoms with Gasteiger partial charge in [0.1, 0.15) is 11.9 Å². The maximum Gasteiger partial charge on any atom is 0.345 e. The van der Waals surface area contributed by atoms with Crippen LogP contribution in [-0.2, 0) is 20.7 Å². The number of halogens is 1. The van der Waals surface area contributed by atoms with Crippen molar-refractivity contribution in [1.82, 2.24) is 0 Å². The molecule has 0 fully saturated rings. The minimum Gasteiger partial charge on any atom is -0.478 e. The molecule has 116 valence electrons. The number of ether oxygens (including phenoxy) is 1. The summed E-state index contributed by atoms with van der Waals surface area (Å²) in [6, 6.07) is 4.92. The van der Waals surface area contributed by atoms with Gasteiger partial charge in [0.05, 0.1) is 0 Å². The van der Waals surface area contributed by atoms with Crippen LogP contribution in [0.4, 0.5) is 4.39 Å². The van der Waals surface area contributed by atoms with Gasteiger partial charge < -0.3 is 15.6 Å². The summed E-state index contributed by atoms with van der Waals surface area (Å²) in [7, 11) is 0. The maximum absolute atomic E-state index is 13.5. The number of carboxylic acid groups (broad SMARTS) is 1. The highest BCUT2D eigenvalue weighted by Crippen LogP contribution is 2.12. The molecule has 0 aliphatic rings. The second kappa shape index (κ2) is 8.36. The van der Waals surface area contributed by atoms with E-state index in [0.29, 0.717) is 6.42 Å². The average molecular weight is 297 g/mol. The minimum absolute atomic E-state index is 0.180.